The van der Waals surface area contributed by atoms with Gasteiger partial charge in [0.1, 0.15) is 0 Å². The number of rotatable bonds is 3. The van der Waals surface area contributed by atoms with E-state index in [9.17, 15) is 0 Å². The van der Waals surface area contributed by atoms with E-state index >= 15 is 0 Å². The molecular formula is C11H19ClN4. The Morgan fingerprint density at radius 3 is 2.69 bits per heavy atom. The molecule has 1 aliphatic rings. The largest absolute Gasteiger partial charge is 0.228 e. The van der Waals surface area contributed by atoms with Gasteiger partial charge in [-0.25, -0.2) is 4.68 Å². The Hall–Kier alpha value is -0.640. The molecule has 0 N–H and O–H groups in total. The van der Waals surface area contributed by atoms with Crippen LogP contribution in [-0.2, 0) is 6.54 Å². The van der Waals surface area contributed by atoms with E-state index < -0.39 is 0 Å². The van der Waals surface area contributed by atoms with Gasteiger partial charge in [-0.15, -0.1) is 16.7 Å². The van der Waals surface area contributed by atoms with Gasteiger partial charge in [0, 0.05) is 6.54 Å². The summed E-state index contributed by atoms with van der Waals surface area (Å²) in [4.78, 5) is 0. The molecule has 1 unspecified atom stereocenters. The minimum atomic E-state index is -0.113. The standard InChI is InChI=1S/C11H19ClN4/c1-8-3-5-10(6-4-8)7-16-11(9(2)12)13-14-15-16/h8-10H,3-7H2,1-2H3. The Kier molecular flexibility index (Phi) is 3.79. The molecular weight excluding hydrogens is 224 g/mol. The highest BCUT2D eigenvalue weighted by Crippen LogP contribution is 2.29. The number of hydrogen-bond donors (Lipinski definition) is 0. The number of tetrazole rings is 1. The zero-order chi connectivity index (χ0) is 11.5. The van der Waals surface area contributed by atoms with Crippen LogP contribution in [0.4, 0.5) is 0 Å². The van der Waals surface area contributed by atoms with E-state index in [4.69, 9.17) is 11.6 Å². The van der Waals surface area contributed by atoms with Crippen LogP contribution in [0.15, 0.2) is 0 Å². The summed E-state index contributed by atoms with van der Waals surface area (Å²) >= 11 is 6.03. The lowest BCUT2D eigenvalue weighted by atomic mass is 9.83. The summed E-state index contributed by atoms with van der Waals surface area (Å²) in [6.07, 6.45) is 5.24. The first kappa shape index (κ1) is 11.8. The van der Waals surface area contributed by atoms with Gasteiger partial charge in [0.05, 0.1) is 5.38 Å². The van der Waals surface area contributed by atoms with E-state index in [1.165, 1.54) is 25.7 Å². The predicted molar refractivity (Wildman–Crippen MR) is 63.2 cm³/mol. The Bertz CT molecular complexity index is 328. The van der Waals surface area contributed by atoms with Crippen LogP contribution >= 0.6 is 11.6 Å². The van der Waals surface area contributed by atoms with Crippen molar-refractivity contribution in [2.24, 2.45) is 11.8 Å². The summed E-state index contributed by atoms with van der Waals surface area (Å²) in [5.41, 5.74) is 0. The molecule has 0 bridgehead atoms. The van der Waals surface area contributed by atoms with Crippen molar-refractivity contribution in [2.75, 3.05) is 0 Å². The van der Waals surface area contributed by atoms with Crippen molar-refractivity contribution >= 4 is 11.6 Å². The summed E-state index contributed by atoms with van der Waals surface area (Å²) in [7, 11) is 0. The van der Waals surface area contributed by atoms with Crippen molar-refractivity contribution in [1.82, 2.24) is 20.2 Å². The summed E-state index contributed by atoms with van der Waals surface area (Å²) in [5, 5.41) is 11.6. The van der Waals surface area contributed by atoms with Crippen LogP contribution in [0, 0.1) is 11.8 Å². The van der Waals surface area contributed by atoms with Gasteiger partial charge in [-0.3, -0.25) is 0 Å². The summed E-state index contributed by atoms with van der Waals surface area (Å²) < 4.78 is 1.87. The van der Waals surface area contributed by atoms with E-state index in [1.807, 2.05) is 11.6 Å². The maximum Gasteiger partial charge on any atom is 0.168 e. The van der Waals surface area contributed by atoms with Gasteiger partial charge in [0.25, 0.3) is 0 Å². The van der Waals surface area contributed by atoms with Crippen molar-refractivity contribution < 1.29 is 0 Å². The van der Waals surface area contributed by atoms with E-state index in [0.29, 0.717) is 5.92 Å². The average Bonchev–Trinajstić information content (AvgIpc) is 2.69. The first-order valence-electron chi connectivity index (χ1n) is 6.07. The number of nitrogens with zero attached hydrogens (tertiary/aromatic N) is 4. The van der Waals surface area contributed by atoms with E-state index in [-0.39, 0.29) is 5.38 Å². The molecule has 0 aliphatic heterocycles. The van der Waals surface area contributed by atoms with Gasteiger partial charge in [-0.2, -0.15) is 0 Å². The van der Waals surface area contributed by atoms with Crippen LogP contribution in [-0.4, -0.2) is 20.2 Å². The first-order chi connectivity index (χ1) is 7.66. The summed E-state index contributed by atoms with van der Waals surface area (Å²) in [6, 6.07) is 0. The lowest BCUT2D eigenvalue weighted by molar-refractivity contribution is 0.254. The van der Waals surface area contributed by atoms with Crippen molar-refractivity contribution in [1.29, 1.82) is 0 Å². The maximum atomic E-state index is 6.03. The molecule has 1 saturated carbocycles. The molecule has 1 aliphatic carbocycles. The lowest BCUT2D eigenvalue weighted by Crippen LogP contribution is -2.20. The molecule has 0 aromatic carbocycles. The molecule has 16 heavy (non-hydrogen) atoms. The SMILES string of the molecule is CC1CCC(Cn2nnnc2C(C)Cl)CC1. The second-order valence-electron chi connectivity index (χ2n) is 4.96. The summed E-state index contributed by atoms with van der Waals surface area (Å²) in [5.74, 6) is 2.39. The topological polar surface area (TPSA) is 43.6 Å². The van der Waals surface area contributed by atoms with Gasteiger partial charge < -0.3 is 0 Å². The number of aromatic nitrogens is 4. The fourth-order valence-electron chi connectivity index (χ4n) is 2.38. The molecule has 5 heteroatoms. The Morgan fingerprint density at radius 2 is 2.06 bits per heavy atom. The second-order valence-corrected chi connectivity index (χ2v) is 5.62. The van der Waals surface area contributed by atoms with Crippen molar-refractivity contribution in [3.8, 4) is 0 Å². The second kappa shape index (κ2) is 5.13. The minimum absolute atomic E-state index is 0.113. The van der Waals surface area contributed by atoms with E-state index in [0.717, 1.165) is 18.3 Å². The van der Waals surface area contributed by atoms with Gasteiger partial charge >= 0.3 is 0 Å². The molecule has 1 aromatic heterocycles. The van der Waals surface area contributed by atoms with Gasteiger partial charge in [0.15, 0.2) is 5.82 Å². The van der Waals surface area contributed by atoms with Crippen molar-refractivity contribution in [3.05, 3.63) is 5.82 Å². The monoisotopic (exact) mass is 242 g/mol. The predicted octanol–water partition coefficient (Wildman–Crippen LogP) is 2.80. The molecule has 1 fully saturated rings. The van der Waals surface area contributed by atoms with Crippen LogP contribution in [0.3, 0.4) is 0 Å². The molecule has 1 aromatic rings. The normalized spacial score (nSPS) is 27.9. The van der Waals surface area contributed by atoms with Crippen LogP contribution in [0.2, 0.25) is 0 Å². The fraction of sp³-hybridized carbons (Fsp3) is 0.909. The Labute approximate surface area is 101 Å². The molecule has 90 valence electrons. The third-order valence-electron chi connectivity index (χ3n) is 3.48. The average molecular weight is 243 g/mol. The highest BCUT2D eigenvalue weighted by Gasteiger charge is 2.21. The van der Waals surface area contributed by atoms with Crippen molar-refractivity contribution in [3.63, 3.8) is 0 Å². The zero-order valence-corrected chi connectivity index (χ0v) is 10.7. The van der Waals surface area contributed by atoms with Gasteiger partial charge in [-0.05, 0) is 42.0 Å². The fourth-order valence-corrected chi connectivity index (χ4v) is 2.54. The highest BCUT2D eigenvalue weighted by molar-refractivity contribution is 6.20. The van der Waals surface area contributed by atoms with Crippen molar-refractivity contribution in [2.45, 2.75) is 51.5 Å². The lowest BCUT2D eigenvalue weighted by Gasteiger charge is -2.26. The molecule has 2 rings (SSSR count). The van der Waals surface area contributed by atoms with Crippen LogP contribution in [0.25, 0.3) is 0 Å². The Morgan fingerprint density at radius 1 is 1.38 bits per heavy atom. The van der Waals surface area contributed by atoms with E-state index in [2.05, 4.69) is 22.4 Å². The van der Waals surface area contributed by atoms with E-state index in [1.54, 1.807) is 0 Å². The molecule has 1 heterocycles. The number of alkyl halides is 1. The maximum absolute atomic E-state index is 6.03. The van der Waals surface area contributed by atoms with Gasteiger partial charge in [0.2, 0.25) is 0 Å². The molecule has 0 amide bonds. The van der Waals surface area contributed by atoms with Gasteiger partial charge in [-0.1, -0.05) is 19.8 Å². The molecule has 0 spiro atoms. The molecule has 0 saturated heterocycles. The smallest absolute Gasteiger partial charge is 0.168 e. The molecule has 0 radical (unpaired) electrons. The first-order valence-corrected chi connectivity index (χ1v) is 6.50. The summed E-state index contributed by atoms with van der Waals surface area (Å²) in [6.45, 7) is 5.16. The van der Waals surface area contributed by atoms with Crippen LogP contribution in [0.1, 0.15) is 50.7 Å². The zero-order valence-electron chi connectivity index (χ0n) is 9.93. The van der Waals surface area contributed by atoms with Crippen LogP contribution in [0.5, 0.6) is 0 Å². The molecule has 4 nitrogen and oxygen atoms in total. The Balaban J connectivity index is 1.96. The quantitative estimate of drug-likeness (QED) is 0.766. The minimum Gasteiger partial charge on any atom is -0.228 e. The third-order valence-corrected chi connectivity index (χ3v) is 3.68. The van der Waals surface area contributed by atoms with Crippen LogP contribution < -0.4 is 0 Å². The molecule has 1 atom stereocenters. The number of hydrogen-bond acceptors (Lipinski definition) is 3. The number of halogens is 1. The third kappa shape index (κ3) is 2.73. The highest BCUT2D eigenvalue weighted by atomic mass is 35.5.